The third-order valence-corrected chi connectivity index (χ3v) is 3.75. The molecule has 1 aliphatic heterocycles. The number of hydrogen-bond acceptors (Lipinski definition) is 3. The van der Waals surface area contributed by atoms with Gasteiger partial charge >= 0.3 is 0 Å². The molecular formula is C12H23NO2. The molecule has 0 radical (unpaired) electrons. The van der Waals surface area contributed by atoms with E-state index < -0.39 is 0 Å². The number of rotatable bonds is 2. The number of aliphatic hydroxyl groups excluding tert-OH is 1. The average Bonchev–Trinajstić information content (AvgIpc) is 2.14. The maximum Gasteiger partial charge on any atom is 0.0751 e. The van der Waals surface area contributed by atoms with Crippen LogP contribution in [0.2, 0.25) is 0 Å². The van der Waals surface area contributed by atoms with Gasteiger partial charge in [0, 0.05) is 11.1 Å². The third kappa shape index (κ3) is 2.34. The highest BCUT2D eigenvalue weighted by Gasteiger charge is 2.46. The fourth-order valence-electron chi connectivity index (χ4n) is 2.57. The Labute approximate surface area is 92.4 Å². The summed E-state index contributed by atoms with van der Waals surface area (Å²) in [7, 11) is 0. The van der Waals surface area contributed by atoms with Gasteiger partial charge in [-0.15, -0.1) is 0 Å². The molecule has 1 heterocycles. The molecule has 3 heteroatoms. The van der Waals surface area contributed by atoms with E-state index in [1.807, 2.05) is 0 Å². The van der Waals surface area contributed by atoms with Crippen LogP contribution in [0.3, 0.4) is 0 Å². The Hall–Kier alpha value is -0.540. The summed E-state index contributed by atoms with van der Waals surface area (Å²) < 4.78 is 0. The van der Waals surface area contributed by atoms with Crippen molar-refractivity contribution in [2.45, 2.75) is 58.0 Å². The Kier molecular flexibility index (Phi) is 3.46. The zero-order chi connectivity index (χ0) is 11.7. The molecule has 2 N–H and O–H groups in total. The summed E-state index contributed by atoms with van der Waals surface area (Å²) in [5.41, 5.74) is -0.385. The first-order valence-corrected chi connectivity index (χ1v) is 5.61. The lowest BCUT2D eigenvalue weighted by molar-refractivity contribution is -0.258. The van der Waals surface area contributed by atoms with E-state index in [4.69, 9.17) is 5.11 Å². The molecule has 15 heavy (non-hydrogen) atoms. The number of hydrogen-bond donors (Lipinski definition) is 2. The normalized spacial score (nSPS) is 30.9. The topological polar surface area (TPSA) is 43.7 Å². The van der Waals surface area contributed by atoms with Crippen LogP contribution < -0.4 is 0 Å². The van der Waals surface area contributed by atoms with Crippen LogP contribution in [-0.4, -0.2) is 26.5 Å². The molecular weight excluding hydrogens is 190 g/mol. The lowest BCUT2D eigenvalue weighted by Crippen LogP contribution is -2.60. The van der Waals surface area contributed by atoms with Gasteiger partial charge in [-0.3, -0.25) is 0 Å². The summed E-state index contributed by atoms with van der Waals surface area (Å²) in [5.74, 6) is 0.388. The van der Waals surface area contributed by atoms with Gasteiger partial charge < -0.3 is 10.3 Å². The molecule has 1 unspecified atom stereocenters. The van der Waals surface area contributed by atoms with Crippen molar-refractivity contribution in [3.8, 4) is 0 Å². The fraction of sp³-hybridized carbons (Fsp3) is 0.833. The van der Waals surface area contributed by atoms with Crippen LogP contribution >= 0.6 is 0 Å². The van der Waals surface area contributed by atoms with Gasteiger partial charge in [0.25, 0.3) is 0 Å². The highest BCUT2D eigenvalue weighted by Crippen LogP contribution is 2.42. The second-order valence-electron chi connectivity index (χ2n) is 5.63. The quantitative estimate of drug-likeness (QED) is 0.693. The summed E-state index contributed by atoms with van der Waals surface area (Å²) in [4.78, 5) is 0. The molecule has 1 rings (SSSR count). The van der Waals surface area contributed by atoms with E-state index in [0.717, 1.165) is 25.5 Å². The SMILES string of the molecule is CC1(C)CCC(CC=CO)C(C)(C)N1O. The van der Waals surface area contributed by atoms with E-state index in [1.54, 1.807) is 6.08 Å². The van der Waals surface area contributed by atoms with Gasteiger partial charge in [-0.25, -0.2) is 0 Å². The summed E-state index contributed by atoms with van der Waals surface area (Å²) >= 11 is 0. The molecule has 0 bridgehead atoms. The molecule has 1 fully saturated rings. The van der Waals surface area contributed by atoms with E-state index in [-0.39, 0.29) is 11.1 Å². The van der Waals surface area contributed by atoms with E-state index in [9.17, 15) is 5.21 Å². The Morgan fingerprint density at radius 2 is 1.93 bits per heavy atom. The predicted octanol–water partition coefficient (Wildman–Crippen LogP) is 3.11. The number of hydroxylamine groups is 2. The van der Waals surface area contributed by atoms with Gasteiger partial charge in [-0.05, 0) is 59.0 Å². The maximum atomic E-state index is 10.2. The zero-order valence-electron chi connectivity index (χ0n) is 10.2. The molecule has 1 aliphatic rings. The lowest BCUT2D eigenvalue weighted by atomic mass is 9.72. The molecule has 88 valence electrons. The largest absolute Gasteiger partial charge is 0.516 e. The Bertz CT molecular complexity index is 246. The van der Waals surface area contributed by atoms with E-state index in [0.29, 0.717) is 5.92 Å². The minimum absolute atomic E-state index is 0.150. The smallest absolute Gasteiger partial charge is 0.0751 e. The molecule has 1 atom stereocenters. The summed E-state index contributed by atoms with van der Waals surface area (Å²) in [6.45, 7) is 8.24. The predicted molar refractivity (Wildman–Crippen MR) is 60.9 cm³/mol. The van der Waals surface area contributed by atoms with Crippen LogP contribution in [0.4, 0.5) is 0 Å². The van der Waals surface area contributed by atoms with Crippen molar-refractivity contribution in [2.24, 2.45) is 5.92 Å². The van der Waals surface area contributed by atoms with Crippen LogP contribution in [0.25, 0.3) is 0 Å². The van der Waals surface area contributed by atoms with Crippen LogP contribution in [0.5, 0.6) is 0 Å². The van der Waals surface area contributed by atoms with E-state index in [2.05, 4.69) is 27.7 Å². The van der Waals surface area contributed by atoms with Crippen molar-refractivity contribution < 1.29 is 10.3 Å². The summed E-state index contributed by atoms with van der Waals surface area (Å²) in [6, 6.07) is 0. The van der Waals surface area contributed by atoms with Crippen molar-refractivity contribution in [1.82, 2.24) is 5.06 Å². The maximum absolute atomic E-state index is 10.2. The van der Waals surface area contributed by atoms with Gasteiger partial charge in [0.15, 0.2) is 0 Å². The highest BCUT2D eigenvalue weighted by molar-refractivity contribution is 4.99. The third-order valence-electron chi connectivity index (χ3n) is 3.75. The molecule has 0 spiro atoms. The van der Waals surface area contributed by atoms with Crippen molar-refractivity contribution in [3.63, 3.8) is 0 Å². The van der Waals surface area contributed by atoms with Crippen molar-refractivity contribution in [2.75, 3.05) is 0 Å². The Morgan fingerprint density at radius 1 is 1.33 bits per heavy atom. The van der Waals surface area contributed by atoms with Crippen LogP contribution in [0.15, 0.2) is 12.3 Å². The van der Waals surface area contributed by atoms with Gasteiger partial charge in [0.1, 0.15) is 0 Å². The molecule has 3 nitrogen and oxygen atoms in total. The van der Waals surface area contributed by atoms with E-state index in [1.165, 1.54) is 5.06 Å². The van der Waals surface area contributed by atoms with Crippen LogP contribution in [-0.2, 0) is 0 Å². The van der Waals surface area contributed by atoms with Crippen LogP contribution in [0.1, 0.15) is 47.0 Å². The molecule has 1 saturated heterocycles. The first kappa shape index (κ1) is 12.5. The number of allylic oxidation sites excluding steroid dienone is 1. The standard InChI is InChI=1S/C12H23NO2/c1-11(2)8-7-10(6-5-9-14)12(3,4)13(11)15/h5,9-10,14-15H,6-8H2,1-4H3. The lowest BCUT2D eigenvalue weighted by Gasteiger charge is -2.52. The first-order chi connectivity index (χ1) is 6.82. The van der Waals surface area contributed by atoms with E-state index >= 15 is 0 Å². The second-order valence-corrected chi connectivity index (χ2v) is 5.63. The Morgan fingerprint density at radius 3 is 2.47 bits per heavy atom. The molecule has 0 aromatic rings. The molecule has 0 amide bonds. The Balaban J connectivity index is 2.79. The van der Waals surface area contributed by atoms with Crippen molar-refractivity contribution >= 4 is 0 Å². The number of piperidine rings is 1. The number of nitrogens with zero attached hydrogens (tertiary/aromatic N) is 1. The minimum Gasteiger partial charge on any atom is -0.516 e. The van der Waals surface area contributed by atoms with Gasteiger partial charge in [-0.1, -0.05) is 0 Å². The molecule has 0 aromatic heterocycles. The van der Waals surface area contributed by atoms with Gasteiger partial charge in [0.2, 0.25) is 0 Å². The van der Waals surface area contributed by atoms with Crippen LogP contribution in [0, 0.1) is 5.92 Å². The summed E-state index contributed by atoms with van der Waals surface area (Å²) in [6.07, 6.45) is 5.74. The highest BCUT2D eigenvalue weighted by atomic mass is 16.5. The monoisotopic (exact) mass is 213 g/mol. The average molecular weight is 213 g/mol. The second kappa shape index (κ2) is 4.14. The van der Waals surface area contributed by atoms with Crippen molar-refractivity contribution in [1.29, 1.82) is 0 Å². The molecule has 0 aliphatic carbocycles. The minimum atomic E-state index is -0.235. The zero-order valence-corrected chi connectivity index (χ0v) is 10.2. The van der Waals surface area contributed by atoms with Crippen molar-refractivity contribution in [3.05, 3.63) is 12.3 Å². The molecule has 0 aromatic carbocycles. The van der Waals surface area contributed by atoms with Gasteiger partial charge in [-0.2, -0.15) is 5.06 Å². The molecule has 0 saturated carbocycles. The summed E-state index contributed by atoms with van der Waals surface area (Å²) in [5, 5.41) is 20.3. The first-order valence-electron chi connectivity index (χ1n) is 5.61. The van der Waals surface area contributed by atoms with Gasteiger partial charge in [0.05, 0.1) is 6.26 Å². The number of aliphatic hydroxyl groups is 1. The fourth-order valence-corrected chi connectivity index (χ4v) is 2.57.